The average molecular weight is 247 g/mol. The molecule has 4 heteroatoms. The highest BCUT2D eigenvalue weighted by Gasteiger charge is 2.21. The smallest absolute Gasteiger partial charge is 0.138 e. The highest BCUT2D eigenvalue weighted by atomic mass is 32.1. The molecule has 1 N–H and O–H groups in total. The van der Waals surface area contributed by atoms with E-state index in [9.17, 15) is 0 Å². The molecule has 2 heterocycles. The number of thiophene rings is 1. The van der Waals surface area contributed by atoms with E-state index in [4.69, 9.17) is 9.97 Å². The van der Waals surface area contributed by atoms with Crippen LogP contribution in [0.1, 0.15) is 44.3 Å². The number of hydrogen-bond donors (Lipinski definition) is 1. The third-order valence-electron chi connectivity index (χ3n) is 3.41. The van der Waals surface area contributed by atoms with E-state index in [2.05, 4.69) is 23.7 Å². The van der Waals surface area contributed by atoms with Crippen LogP contribution in [0.4, 0.5) is 5.82 Å². The lowest BCUT2D eigenvalue weighted by Gasteiger charge is -2.11. The molecule has 1 fully saturated rings. The van der Waals surface area contributed by atoms with Gasteiger partial charge in [0.15, 0.2) is 0 Å². The van der Waals surface area contributed by atoms with Crippen molar-refractivity contribution in [3.8, 4) is 0 Å². The molecule has 0 atom stereocenters. The number of anilines is 1. The Hall–Kier alpha value is -1.16. The van der Waals surface area contributed by atoms with Crippen LogP contribution >= 0.6 is 11.3 Å². The summed E-state index contributed by atoms with van der Waals surface area (Å²) in [7, 11) is 0. The lowest BCUT2D eigenvalue weighted by Crippen LogP contribution is -2.06. The molecule has 1 saturated carbocycles. The van der Waals surface area contributed by atoms with Crippen molar-refractivity contribution in [1.82, 2.24) is 9.97 Å². The summed E-state index contributed by atoms with van der Waals surface area (Å²) >= 11 is 1.71. The largest absolute Gasteiger partial charge is 0.370 e. The number of nitrogens with zero attached hydrogens (tertiary/aromatic N) is 2. The van der Waals surface area contributed by atoms with Gasteiger partial charge in [-0.25, -0.2) is 9.97 Å². The summed E-state index contributed by atoms with van der Waals surface area (Å²) in [6.45, 7) is 3.02. The lowest BCUT2D eigenvalue weighted by molar-refractivity contribution is 0.674. The first-order valence-electron chi connectivity index (χ1n) is 6.37. The van der Waals surface area contributed by atoms with E-state index in [-0.39, 0.29) is 0 Å². The molecule has 0 aromatic carbocycles. The molecular weight excluding hydrogens is 230 g/mol. The third kappa shape index (κ3) is 2.02. The first-order valence-corrected chi connectivity index (χ1v) is 7.25. The van der Waals surface area contributed by atoms with Crippen molar-refractivity contribution in [1.29, 1.82) is 0 Å². The highest BCUT2D eigenvalue weighted by molar-refractivity contribution is 7.16. The monoisotopic (exact) mass is 247 g/mol. The molecule has 2 aromatic heterocycles. The molecule has 0 unspecified atom stereocenters. The first-order chi connectivity index (χ1) is 8.38. The summed E-state index contributed by atoms with van der Waals surface area (Å²) in [6, 6.07) is 2.11. The van der Waals surface area contributed by atoms with Gasteiger partial charge in [-0.1, -0.05) is 12.8 Å². The Morgan fingerprint density at radius 2 is 2.18 bits per heavy atom. The van der Waals surface area contributed by atoms with Crippen molar-refractivity contribution in [3.05, 3.63) is 17.3 Å². The fourth-order valence-electron chi connectivity index (χ4n) is 2.54. The summed E-state index contributed by atoms with van der Waals surface area (Å²) in [4.78, 5) is 10.6. The maximum absolute atomic E-state index is 4.73. The number of nitrogens with one attached hydrogen (secondary N) is 1. The van der Waals surface area contributed by atoms with E-state index >= 15 is 0 Å². The zero-order chi connectivity index (χ0) is 11.7. The van der Waals surface area contributed by atoms with E-state index < -0.39 is 0 Å². The Morgan fingerprint density at radius 1 is 1.35 bits per heavy atom. The first kappa shape index (κ1) is 11.0. The van der Waals surface area contributed by atoms with E-state index in [1.807, 2.05) is 0 Å². The minimum atomic E-state index is 0.582. The molecule has 0 bridgehead atoms. The summed E-state index contributed by atoms with van der Waals surface area (Å²) in [5.41, 5.74) is 0. The topological polar surface area (TPSA) is 37.8 Å². The number of fused-ring (bicyclic) bond motifs is 1. The molecule has 1 aliphatic rings. The maximum atomic E-state index is 4.73. The van der Waals surface area contributed by atoms with Gasteiger partial charge in [0.2, 0.25) is 0 Å². The van der Waals surface area contributed by atoms with Crippen molar-refractivity contribution in [2.75, 3.05) is 11.9 Å². The summed E-state index contributed by atoms with van der Waals surface area (Å²) in [6.07, 6.45) is 5.16. The van der Waals surface area contributed by atoms with Crippen LogP contribution in [0.2, 0.25) is 0 Å². The van der Waals surface area contributed by atoms with Gasteiger partial charge in [-0.15, -0.1) is 11.3 Å². The minimum absolute atomic E-state index is 0.582. The summed E-state index contributed by atoms with van der Waals surface area (Å²) < 4.78 is 0. The maximum Gasteiger partial charge on any atom is 0.138 e. The van der Waals surface area contributed by atoms with Crippen molar-refractivity contribution in [2.24, 2.45) is 0 Å². The standard InChI is InChI=1S/C13H17N3S/c1-2-14-12-10-7-8-17-13(10)16-11(15-12)9-5-3-4-6-9/h7-9H,2-6H2,1H3,(H,14,15,16). The van der Waals surface area contributed by atoms with Crippen molar-refractivity contribution >= 4 is 27.4 Å². The molecule has 0 saturated heterocycles. The van der Waals surface area contributed by atoms with Crippen LogP contribution < -0.4 is 5.32 Å². The number of rotatable bonds is 3. The third-order valence-corrected chi connectivity index (χ3v) is 4.21. The van der Waals surface area contributed by atoms with Crippen molar-refractivity contribution in [2.45, 2.75) is 38.5 Å². The van der Waals surface area contributed by atoms with Gasteiger partial charge in [0.25, 0.3) is 0 Å². The zero-order valence-corrected chi connectivity index (χ0v) is 10.9. The Balaban J connectivity index is 2.06. The van der Waals surface area contributed by atoms with Gasteiger partial charge in [-0.2, -0.15) is 0 Å². The van der Waals surface area contributed by atoms with Gasteiger partial charge < -0.3 is 5.32 Å². The minimum Gasteiger partial charge on any atom is -0.370 e. The molecular formula is C13H17N3S. The van der Waals surface area contributed by atoms with Crippen molar-refractivity contribution < 1.29 is 0 Å². The lowest BCUT2D eigenvalue weighted by atomic mass is 10.1. The van der Waals surface area contributed by atoms with E-state index in [0.717, 1.165) is 23.0 Å². The van der Waals surface area contributed by atoms with Gasteiger partial charge in [0, 0.05) is 12.5 Å². The Morgan fingerprint density at radius 3 is 2.94 bits per heavy atom. The fourth-order valence-corrected chi connectivity index (χ4v) is 3.31. The molecule has 17 heavy (non-hydrogen) atoms. The Labute approximate surface area is 105 Å². The second-order valence-corrected chi connectivity index (χ2v) is 5.48. The molecule has 0 radical (unpaired) electrons. The second-order valence-electron chi connectivity index (χ2n) is 4.58. The Kier molecular flexibility index (Phi) is 2.97. The number of hydrogen-bond acceptors (Lipinski definition) is 4. The van der Waals surface area contributed by atoms with Crippen LogP contribution in [0, 0.1) is 0 Å². The van der Waals surface area contributed by atoms with Gasteiger partial charge in [-0.3, -0.25) is 0 Å². The van der Waals surface area contributed by atoms with E-state index in [1.54, 1.807) is 11.3 Å². The van der Waals surface area contributed by atoms with Gasteiger partial charge in [-0.05, 0) is 31.2 Å². The average Bonchev–Trinajstić information content (AvgIpc) is 3.00. The van der Waals surface area contributed by atoms with Crippen molar-refractivity contribution in [3.63, 3.8) is 0 Å². The number of aromatic nitrogens is 2. The molecule has 2 aromatic rings. The molecule has 0 aliphatic heterocycles. The second kappa shape index (κ2) is 4.61. The summed E-state index contributed by atoms with van der Waals surface area (Å²) in [5, 5.41) is 6.62. The van der Waals surface area contributed by atoms with Gasteiger partial charge in [0.1, 0.15) is 16.5 Å². The van der Waals surface area contributed by atoms with Crippen LogP contribution in [0.5, 0.6) is 0 Å². The molecule has 3 nitrogen and oxygen atoms in total. The normalized spacial score (nSPS) is 16.8. The Bertz CT molecular complexity index is 514. The fraction of sp³-hybridized carbons (Fsp3) is 0.538. The molecule has 3 rings (SSSR count). The molecule has 1 aliphatic carbocycles. The van der Waals surface area contributed by atoms with Crippen LogP contribution in [0.15, 0.2) is 11.4 Å². The molecule has 0 spiro atoms. The summed E-state index contributed by atoms with van der Waals surface area (Å²) in [5.74, 6) is 2.65. The van der Waals surface area contributed by atoms with Crippen LogP contribution in [-0.2, 0) is 0 Å². The van der Waals surface area contributed by atoms with Gasteiger partial charge >= 0.3 is 0 Å². The predicted molar refractivity (Wildman–Crippen MR) is 72.8 cm³/mol. The predicted octanol–water partition coefficient (Wildman–Crippen LogP) is 3.78. The van der Waals surface area contributed by atoms with E-state index in [1.165, 1.54) is 31.1 Å². The van der Waals surface area contributed by atoms with Crippen LogP contribution in [-0.4, -0.2) is 16.5 Å². The SMILES string of the molecule is CCNc1nc(C2CCCC2)nc2sccc12. The quantitative estimate of drug-likeness (QED) is 0.897. The van der Waals surface area contributed by atoms with Gasteiger partial charge in [0.05, 0.1) is 5.39 Å². The zero-order valence-electron chi connectivity index (χ0n) is 10.1. The van der Waals surface area contributed by atoms with E-state index in [0.29, 0.717) is 5.92 Å². The van der Waals surface area contributed by atoms with Crippen LogP contribution in [0.3, 0.4) is 0 Å². The highest BCUT2D eigenvalue weighted by Crippen LogP contribution is 2.35. The van der Waals surface area contributed by atoms with Crippen LogP contribution in [0.25, 0.3) is 10.2 Å². The molecule has 90 valence electrons. The molecule has 0 amide bonds.